The summed E-state index contributed by atoms with van der Waals surface area (Å²) in [5.41, 5.74) is 3.57. The smallest absolute Gasteiger partial charge is 0.341 e. The molecule has 0 aliphatic carbocycles. The Kier molecular flexibility index (Phi) is 3.31. The highest BCUT2D eigenvalue weighted by molar-refractivity contribution is 7.07. The maximum Gasteiger partial charge on any atom is 0.341 e. The lowest BCUT2D eigenvalue weighted by Gasteiger charge is -2.11. The van der Waals surface area contributed by atoms with Gasteiger partial charge in [0.1, 0.15) is 5.56 Å². The van der Waals surface area contributed by atoms with Crippen LogP contribution in [-0.2, 0) is 6.54 Å². The van der Waals surface area contributed by atoms with Gasteiger partial charge in [0.05, 0.1) is 16.7 Å². The highest BCUT2D eigenvalue weighted by Crippen LogP contribution is 2.23. The molecule has 0 aliphatic heterocycles. The van der Waals surface area contributed by atoms with E-state index < -0.39 is 11.4 Å². The van der Waals surface area contributed by atoms with Crippen LogP contribution in [0.1, 0.15) is 17.3 Å². The third-order valence-electron chi connectivity index (χ3n) is 3.38. The minimum absolute atomic E-state index is 0.203. The number of rotatable bonds is 3. The summed E-state index contributed by atoms with van der Waals surface area (Å²) < 4.78 is 1.77. The molecule has 6 heteroatoms. The van der Waals surface area contributed by atoms with E-state index in [1.807, 2.05) is 18.4 Å². The second kappa shape index (κ2) is 5.14. The number of hydrogen-bond donors (Lipinski definition) is 1. The van der Waals surface area contributed by atoms with Crippen LogP contribution in [0.2, 0.25) is 0 Å². The third kappa shape index (κ3) is 2.23. The molecule has 3 rings (SSSR count). The van der Waals surface area contributed by atoms with Crippen LogP contribution < -0.4 is 5.43 Å². The zero-order chi connectivity index (χ0) is 15.0. The van der Waals surface area contributed by atoms with Gasteiger partial charge in [0.2, 0.25) is 5.43 Å². The van der Waals surface area contributed by atoms with E-state index in [9.17, 15) is 9.59 Å². The molecule has 0 amide bonds. The Labute approximate surface area is 124 Å². The number of carbonyl (C=O) groups is 1. The lowest BCUT2D eigenvalue weighted by Crippen LogP contribution is -2.18. The lowest BCUT2D eigenvalue weighted by molar-refractivity contribution is 0.0695. The van der Waals surface area contributed by atoms with Gasteiger partial charge in [-0.3, -0.25) is 4.79 Å². The van der Waals surface area contributed by atoms with Gasteiger partial charge in [-0.05, 0) is 19.1 Å². The largest absolute Gasteiger partial charge is 0.477 e. The number of aromatic carboxylic acids is 1. The summed E-state index contributed by atoms with van der Waals surface area (Å²) in [5.74, 6) is -1.20. The van der Waals surface area contributed by atoms with E-state index in [0.717, 1.165) is 16.8 Å². The highest BCUT2D eigenvalue weighted by Gasteiger charge is 2.14. The third-order valence-corrected chi connectivity index (χ3v) is 3.97. The van der Waals surface area contributed by atoms with Crippen LogP contribution in [0.3, 0.4) is 0 Å². The van der Waals surface area contributed by atoms with Gasteiger partial charge >= 0.3 is 5.97 Å². The van der Waals surface area contributed by atoms with E-state index in [4.69, 9.17) is 5.11 Å². The predicted molar refractivity (Wildman–Crippen MR) is 81.9 cm³/mol. The first-order valence-electron chi connectivity index (χ1n) is 6.41. The Morgan fingerprint density at radius 2 is 2.24 bits per heavy atom. The summed E-state index contributed by atoms with van der Waals surface area (Å²) in [6.45, 7) is 2.49. The van der Waals surface area contributed by atoms with Crippen molar-refractivity contribution in [2.24, 2.45) is 0 Å². The van der Waals surface area contributed by atoms with Crippen molar-refractivity contribution in [1.29, 1.82) is 0 Å². The number of fused-ring (bicyclic) bond motifs is 1. The monoisotopic (exact) mass is 300 g/mol. The van der Waals surface area contributed by atoms with Crippen LogP contribution in [0, 0.1) is 0 Å². The van der Waals surface area contributed by atoms with Gasteiger partial charge in [0.15, 0.2) is 0 Å². The van der Waals surface area contributed by atoms with E-state index in [-0.39, 0.29) is 5.56 Å². The highest BCUT2D eigenvalue weighted by atomic mass is 32.1. The maximum atomic E-state index is 12.2. The number of benzene rings is 1. The van der Waals surface area contributed by atoms with Crippen molar-refractivity contribution in [1.82, 2.24) is 9.55 Å². The van der Waals surface area contributed by atoms with Crippen LogP contribution in [0.25, 0.3) is 22.2 Å². The van der Waals surface area contributed by atoms with Crippen molar-refractivity contribution in [3.05, 3.63) is 51.1 Å². The van der Waals surface area contributed by atoms with Crippen molar-refractivity contribution >= 4 is 28.2 Å². The number of thiazole rings is 1. The molecule has 1 aromatic carbocycles. The Bertz CT molecular complexity index is 882. The van der Waals surface area contributed by atoms with E-state index in [0.29, 0.717) is 11.9 Å². The number of aromatic nitrogens is 2. The topological polar surface area (TPSA) is 72.2 Å². The Hall–Kier alpha value is -2.47. The quantitative estimate of drug-likeness (QED) is 0.807. The van der Waals surface area contributed by atoms with Crippen molar-refractivity contribution in [2.45, 2.75) is 13.5 Å². The van der Waals surface area contributed by atoms with Gasteiger partial charge in [-0.2, -0.15) is 0 Å². The zero-order valence-corrected chi connectivity index (χ0v) is 12.1. The number of carboxylic acid groups (broad SMARTS) is 1. The average Bonchev–Trinajstić information content (AvgIpc) is 3.01. The molecule has 0 saturated carbocycles. The van der Waals surface area contributed by atoms with Crippen LogP contribution in [0.5, 0.6) is 0 Å². The molecule has 0 fully saturated rings. The number of carboxylic acids is 1. The lowest BCUT2D eigenvalue weighted by atomic mass is 10.1. The molecule has 0 radical (unpaired) electrons. The van der Waals surface area contributed by atoms with E-state index in [2.05, 4.69) is 4.98 Å². The first-order chi connectivity index (χ1) is 10.1. The molecule has 0 spiro atoms. The summed E-state index contributed by atoms with van der Waals surface area (Å²) >= 11 is 1.50. The van der Waals surface area contributed by atoms with Crippen molar-refractivity contribution in [3.63, 3.8) is 0 Å². The van der Waals surface area contributed by atoms with Crippen LogP contribution >= 0.6 is 11.3 Å². The summed E-state index contributed by atoms with van der Waals surface area (Å²) in [7, 11) is 0. The minimum Gasteiger partial charge on any atom is -0.477 e. The van der Waals surface area contributed by atoms with E-state index >= 15 is 0 Å². The summed E-state index contributed by atoms with van der Waals surface area (Å²) in [5, 5.41) is 11.5. The van der Waals surface area contributed by atoms with Gasteiger partial charge in [0.25, 0.3) is 0 Å². The SMILES string of the molecule is CCn1cc(C(=O)O)c(=O)c2ccc(-c3cscn3)cc21. The van der Waals surface area contributed by atoms with Gasteiger partial charge in [-0.15, -0.1) is 11.3 Å². The van der Waals surface area contributed by atoms with Crippen molar-refractivity contribution in [2.75, 3.05) is 0 Å². The second-order valence-electron chi connectivity index (χ2n) is 4.57. The molecule has 0 aliphatic rings. The molecular weight excluding hydrogens is 288 g/mol. The van der Waals surface area contributed by atoms with Gasteiger partial charge in [0, 0.05) is 29.1 Å². The van der Waals surface area contributed by atoms with Crippen molar-refractivity contribution < 1.29 is 9.90 Å². The predicted octanol–water partition coefficient (Wildman–Crippen LogP) is 2.84. The van der Waals surface area contributed by atoms with Crippen LogP contribution in [0.4, 0.5) is 0 Å². The molecular formula is C15H12N2O3S. The Morgan fingerprint density at radius 1 is 1.43 bits per heavy atom. The Morgan fingerprint density at radius 3 is 2.86 bits per heavy atom. The maximum absolute atomic E-state index is 12.2. The molecule has 0 atom stereocenters. The summed E-state index contributed by atoms with van der Waals surface area (Å²) in [6, 6.07) is 5.34. The minimum atomic E-state index is -1.20. The van der Waals surface area contributed by atoms with Crippen LogP contribution in [0.15, 0.2) is 40.1 Å². The van der Waals surface area contributed by atoms with Crippen LogP contribution in [-0.4, -0.2) is 20.6 Å². The molecule has 2 heterocycles. The molecule has 0 saturated heterocycles. The summed E-state index contributed by atoms with van der Waals surface area (Å²) in [4.78, 5) is 27.6. The fourth-order valence-electron chi connectivity index (χ4n) is 2.32. The molecule has 106 valence electrons. The van der Waals surface area contributed by atoms with E-state index in [1.165, 1.54) is 17.5 Å². The van der Waals surface area contributed by atoms with E-state index in [1.54, 1.807) is 22.2 Å². The molecule has 21 heavy (non-hydrogen) atoms. The zero-order valence-electron chi connectivity index (χ0n) is 11.2. The molecule has 0 unspecified atom stereocenters. The normalized spacial score (nSPS) is 10.9. The fourth-order valence-corrected chi connectivity index (χ4v) is 2.88. The van der Waals surface area contributed by atoms with Gasteiger partial charge in [-0.25, -0.2) is 9.78 Å². The molecule has 5 nitrogen and oxygen atoms in total. The van der Waals surface area contributed by atoms with Gasteiger partial charge < -0.3 is 9.67 Å². The van der Waals surface area contributed by atoms with Crippen molar-refractivity contribution in [3.8, 4) is 11.3 Å². The Balaban J connectivity index is 2.34. The number of nitrogens with zero attached hydrogens (tertiary/aromatic N) is 2. The summed E-state index contributed by atoms with van der Waals surface area (Å²) in [6.07, 6.45) is 1.40. The number of pyridine rings is 1. The van der Waals surface area contributed by atoms with Gasteiger partial charge in [-0.1, -0.05) is 6.07 Å². The molecule has 1 N–H and O–H groups in total. The first-order valence-corrected chi connectivity index (χ1v) is 7.35. The molecule has 3 aromatic rings. The first kappa shape index (κ1) is 13.5. The number of aryl methyl sites for hydroxylation is 1. The number of hydrogen-bond acceptors (Lipinski definition) is 4. The molecule has 2 aromatic heterocycles. The second-order valence-corrected chi connectivity index (χ2v) is 5.29. The fraction of sp³-hybridized carbons (Fsp3) is 0.133. The molecule has 0 bridgehead atoms. The average molecular weight is 300 g/mol. The standard InChI is InChI=1S/C15H12N2O3S/c1-2-17-6-11(15(19)20)14(18)10-4-3-9(5-13(10)17)12-7-21-8-16-12/h3-8H,2H2,1H3,(H,19,20).